The molecular weight excluding hydrogens is 374 g/mol. The Morgan fingerprint density at radius 1 is 1.15 bits per heavy atom. The zero-order chi connectivity index (χ0) is 20.2. The van der Waals surface area contributed by atoms with Crippen LogP contribution >= 0.6 is 0 Å². The van der Waals surface area contributed by atoms with Crippen LogP contribution in [0.4, 0.5) is 5.69 Å². The van der Waals surface area contributed by atoms with Crippen LogP contribution < -0.4 is 15.0 Å². The molecule has 0 unspecified atom stereocenters. The summed E-state index contributed by atoms with van der Waals surface area (Å²) in [5.74, 6) is -0.205. The summed E-state index contributed by atoms with van der Waals surface area (Å²) in [5.41, 5.74) is 3.88. The first-order valence-corrected chi connectivity index (χ1v) is 9.35. The van der Waals surface area contributed by atoms with Gasteiger partial charge in [0, 0.05) is 11.6 Å². The molecule has 27 heavy (non-hydrogen) atoms. The summed E-state index contributed by atoms with van der Waals surface area (Å²) < 4.78 is 29.8. The number of nitrogens with zero attached hydrogens (tertiary/aromatic N) is 1. The highest BCUT2D eigenvalue weighted by molar-refractivity contribution is 7.89. The number of hydrazine groups is 1. The van der Waals surface area contributed by atoms with E-state index in [0.717, 1.165) is 17.2 Å². The third-order valence-corrected chi connectivity index (χ3v) is 5.17. The number of sulfonamides is 1. The summed E-state index contributed by atoms with van der Waals surface area (Å²) >= 11 is 0. The van der Waals surface area contributed by atoms with Gasteiger partial charge in [-0.1, -0.05) is 18.2 Å². The summed E-state index contributed by atoms with van der Waals surface area (Å²) in [6.07, 6.45) is 0. The number of amides is 1. The summed E-state index contributed by atoms with van der Waals surface area (Å²) in [6.45, 7) is 4.84. The molecule has 2 aromatic carbocycles. The minimum absolute atomic E-state index is 0.324. The Morgan fingerprint density at radius 3 is 2.52 bits per heavy atom. The number of aryl methyl sites for hydroxylation is 2. The molecule has 0 saturated carbocycles. The summed E-state index contributed by atoms with van der Waals surface area (Å²) in [4.78, 5) is 23.7. The molecular formula is C17H19N3O6S. The number of nitrogens with one attached hydrogen (secondary N) is 2. The fraction of sp³-hybridized carbons (Fsp3) is 0.235. The molecule has 0 heterocycles. The predicted octanol–water partition coefficient (Wildman–Crippen LogP) is 1.91. The van der Waals surface area contributed by atoms with Gasteiger partial charge in [0.05, 0.1) is 9.82 Å². The van der Waals surface area contributed by atoms with Crippen LogP contribution in [-0.4, -0.2) is 25.9 Å². The lowest BCUT2D eigenvalue weighted by Crippen LogP contribution is -2.43. The Balaban J connectivity index is 2.00. The van der Waals surface area contributed by atoms with Crippen molar-refractivity contribution in [1.82, 2.24) is 10.3 Å². The molecule has 0 aromatic heterocycles. The van der Waals surface area contributed by atoms with Crippen molar-refractivity contribution in [1.29, 1.82) is 0 Å². The van der Waals surface area contributed by atoms with Crippen LogP contribution in [0.15, 0.2) is 41.3 Å². The lowest BCUT2D eigenvalue weighted by atomic mass is 10.1. The number of benzene rings is 2. The SMILES string of the molecule is Cc1ccc(S(=O)(=O)NNC(=O)COc2cccc(C)c2C)cc1[N+](=O)[O-]. The second kappa shape index (κ2) is 8.14. The lowest BCUT2D eigenvalue weighted by molar-refractivity contribution is -0.385. The first kappa shape index (κ1) is 20.3. The zero-order valence-corrected chi connectivity index (χ0v) is 15.8. The molecule has 0 radical (unpaired) electrons. The van der Waals surface area contributed by atoms with E-state index in [1.165, 1.54) is 19.1 Å². The highest BCUT2D eigenvalue weighted by Gasteiger charge is 2.20. The van der Waals surface area contributed by atoms with Gasteiger partial charge in [-0.05, 0) is 44.0 Å². The highest BCUT2D eigenvalue weighted by atomic mass is 32.2. The van der Waals surface area contributed by atoms with E-state index >= 15 is 0 Å². The van der Waals surface area contributed by atoms with E-state index in [9.17, 15) is 23.3 Å². The Kier molecular flexibility index (Phi) is 6.13. The van der Waals surface area contributed by atoms with Gasteiger partial charge in [-0.2, -0.15) is 0 Å². The topological polar surface area (TPSA) is 128 Å². The quantitative estimate of drug-likeness (QED) is 0.546. The van der Waals surface area contributed by atoms with Crippen LogP contribution in [0.1, 0.15) is 16.7 Å². The van der Waals surface area contributed by atoms with Gasteiger partial charge in [-0.3, -0.25) is 20.3 Å². The second-order valence-electron chi connectivity index (χ2n) is 5.85. The van der Waals surface area contributed by atoms with Crippen LogP contribution in [0.3, 0.4) is 0 Å². The monoisotopic (exact) mass is 393 g/mol. The van der Waals surface area contributed by atoms with Gasteiger partial charge in [0.2, 0.25) is 0 Å². The third-order valence-electron chi connectivity index (χ3n) is 3.93. The van der Waals surface area contributed by atoms with Gasteiger partial charge in [-0.25, -0.2) is 8.42 Å². The molecule has 0 aliphatic heterocycles. The van der Waals surface area contributed by atoms with Crippen LogP contribution in [0, 0.1) is 30.9 Å². The van der Waals surface area contributed by atoms with Gasteiger partial charge < -0.3 is 4.74 Å². The van der Waals surface area contributed by atoms with Crippen molar-refractivity contribution in [2.24, 2.45) is 0 Å². The molecule has 0 saturated heterocycles. The van der Waals surface area contributed by atoms with Gasteiger partial charge in [-0.15, -0.1) is 4.83 Å². The molecule has 2 rings (SSSR count). The molecule has 0 bridgehead atoms. The van der Waals surface area contributed by atoms with E-state index in [1.54, 1.807) is 12.1 Å². The summed E-state index contributed by atoms with van der Waals surface area (Å²) in [6, 6.07) is 8.84. The average Bonchev–Trinajstić information content (AvgIpc) is 2.61. The molecule has 0 aliphatic rings. The fourth-order valence-corrected chi connectivity index (χ4v) is 3.08. The lowest BCUT2D eigenvalue weighted by Gasteiger charge is -2.12. The fourth-order valence-electron chi connectivity index (χ4n) is 2.20. The molecule has 2 N–H and O–H groups in total. The maximum atomic E-state index is 12.2. The van der Waals surface area contributed by atoms with Gasteiger partial charge >= 0.3 is 0 Å². The number of carbonyl (C=O) groups is 1. The number of nitro benzene ring substituents is 1. The number of rotatable bonds is 7. The van der Waals surface area contributed by atoms with Crippen molar-refractivity contribution in [3.8, 4) is 5.75 Å². The predicted molar refractivity (Wildman–Crippen MR) is 97.7 cm³/mol. The number of carbonyl (C=O) groups excluding carboxylic acids is 1. The highest BCUT2D eigenvalue weighted by Crippen LogP contribution is 2.22. The van der Waals surface area contributed by atoms with Crippen LogP contribution in [0.5, 0.6) is 5.75 Å². The minimum Gasteiger partial charge on any atom is -0.483 e. The third kappa shape index (κ3) is 5.02. The number of hydrogen-bond acceptors (Lipinski definition) is 6. The Morgan fingerprint density at radius 2 is 1.85 bits per heavy atom. The summed E-state index contributed by atoms with van der Waals surface area (Å²) in [7, 11) is -4.17. The number of hydrogen-bond donors (Lipinski definition) is 2. The minimum atomic E-state index is -4.17. The largest absolute Gasteiger partial charge is 0.483 e. The van der Waals surface area contributed by atoms with Gasteiger partial charge in [0.1, 0.15) is 5.75 Å². The molecule has 144 valence electrons. The van der Waals surface area contributed by atoms with Crippen molar-refractivity contribution >= 4 is 21.6 Å². The molecule has 1 amide bonds. The number of ether oxygens (including phenoxy) is 1. The first-order valence-electron chi connectivity index (χ1n) is 7.86. The molecule has 10 heteroatoms. The van der Waals surface area contributed by atoms with Crippen molar-refractivity contribution in [3.63, 3.8) is 0 Å². The molecule has 0 aliphatic carbocycles. The van der Waals surface area contributed by atoms with Gasteiger partial charge in [0.15, 0.2) is 6.61 Å². The molecule has 0 atom stereocenters. The molecule has 2 aromatic rings. The standard InChI is InChI=1S/C17H19N3O6S/c1-11-5-4-6-16(13(11)3)26-10-17(21)18-19-27(24,25)14-8-7-12(2)15(9-14)20(22)23/h4-9,19H,10H2,1-3H3,(H,18,21). The Bertz CT molecular complexity index is 988. The second-order valence-corrected chi connectivity index (χ2v) is 7.53. The molecule has 0 fully saturated rings. The Hall–Kier alpha value is -2.98. The van der Waals surface area contributed by atoms with Crippen molar-refractivity contribution in [3.05, 3.63) is 63.2 Å². The number of nitro groups is 1. The van der Waals surface area contributed by atoms with E-state index in [-0.39, 0.29) is 10.6 Å². The maximum absolute atomic E-state index is 12.2. The van der Waals surface area contributed by atoms with Crippen LogP contribution in [-0.2, 0) is 14.8 Å². The molecule has 9 nitrogen and oxygen atoms in total. The van der Waals surface area contributed by atoms with Crippen LogP contribution in [0.2, 0.25) is 0 Å². The van der Waals surface area contributed by atoms with Crippen LogP contribution in [0.25, 0.3) is 0 Å². The van der Waals surface area contributed by atoms with E-state index in [2.05, 4.69) is 0 Å². The van der Waals surface area contributed by atoms with E-state index in [1.807, 2.05) is 30.2 Å². The van der Waals surface area contributed by atoms with E-state index in [0.29, 0.717) is 11.3 Å². The van der Waals surface area contributed by atoms with Crippen molar-refractivity contribution in [2.45, 2.75) is 25.7 Å². The van der Waals surface area contributed by atoms with E-state index < -0.39 is 27.5 Å². The first-order chi connectivity index (χ1) is 12.6. The average molecular weight is 393 g/mol. The van der Waals surface area contributed by atoms with E-state index in [4.69, 9.17) is 4.74 Å². The normalized spacial score (nSPS) is 11.1. The maximum Gasteiger partial charge on any atom is 0.273 e. The summed E-state index contributed by atoms with van der Waals surface area (Å²) in [5, 5.41) is 10.9. The van der Waals surface area contributed by atoms with Gasteiger partial charge in [0.25, 0.3) is 21.6 Å². The smallest absolute Gasteiger partial charge is 0.273 e. The van der Waals surface area contributed by atoms with Crippen molar-refractivity contribution < 1.29 is 22.9 Å². The van der Waals surface area contributed by atoms with Crippen molar-refractivity contribution in [2.75, 3.05) is 6.61 Å². The molecule has 0 spiro atoms. The Labute approximate surface area is 156 Å². The zero-order valence-electron chi connectivity index (χ0n) is 15.0.